The lowest BCUT2D eigenvalue weighted by Gasteiger charge is -2.33. The average molecular weight is 391 g/mol. The van der Waals surface area contributed by atoms with E-state index in [0.29, 0.717) is 17.7 Å². The number of hydrogen-bond donors (Lipinski definition) is 1. The minimum absolute atomic E-state index is 0.185. The van der Waals surface area contributed by atoms with Gasteiger partial charge < -0.3 is 10.2 Å². The highest BCUT2D eigenvalue weighted by Gasteiger charge is 2.23. The summed E-state index contributed by atoms with van der Waals surface area (Å²) in [5.41, 5.74) is 2.48. The van der Waals surface area contributed by atoms with Crippen LogP contribution in [-0.4, -0.2) is 45.9 Å². The summed E-state index contributed by atoms with van der Waals surface area (Å²) in [6, 6.07) is 8.96. The Bertz CT molecular complexity index is 729. The highest BCUT2D eigenvalue weighted by Crippen LogP contribution is 2.24. The summed E-state index contributed by atoms with van der Waals surface area (Å²) in [5.74, 6) is 1.16. The summed E-state index contributed by atoms with van der Waals surface area (Å²) in [6.07, 6.45) is 2.13. The number of aromatic nitrogens is 2. The zero-order valence-corrected chi connectivity index (χ0v) is 17.2. The number of anilines is 1. The van der Waals surface area contributed by atoms with Gasteiger partial charge in [-0.05, 0) is 43.4 Å². The summed E-state index contributed by atoms with van der Waals surface area (Å²) in [4.78, 5) is 14.5. The Labute approximate surface area is 163 Å². The summed E-state index contributed by atoms with van der Waals surface area (Å²) in [5, 5.41) is 12.6. The second-order valence-corrected chi connectivity index (χ2v) is 9.38. The zero-order valence-electron chi connectivity index (χ0n) is 15.6. The fraction of sp³-hybridized carbons (Fsp3) is 0.526. The normalized spacial score (nSPS) is 17.5. The average Bonchev–Trinajstić information content (AvgIpc) is 3.06. The molecule has 1 N–H and O–H groups in total. The fourth-order valence-corrected chi connectivity index (χ4v) is 4.79. The van der Waals surface area contributed by atoms with Gasteiger partial charge in [-0.1, -0.05) is 49.1 Å². The molecular formula is C19H26N4OS2. The number of benzene rings is 1. The van der Waals surface area contributed by atoms with Crippen LogP contribution >= 0.6 is 23.1 Å². The van der Waals surface area contributed by atoms with Gasteiger partial charge in [-0.25, -0.2) is 0 Å². The van der Waals surface area contributed by atoms with Gasteiger partial charge in [0.05, 0.1) is 5.75 Å². The van der Waals surface area contributed by atoms with Crippen molar-refractivity contribution in [2.45, 2.75) is 49.9 Å². The van der Waals surface area contributed by atoms with E-state index in [-0.39, 0.29) is 5.91 Å². The first kappa shape index (κ1) is 19.2. The van der Waals surface area contributed by atoms with Crippen molar-refractivity contribution in [3.05, 3.63) is 34.8 Å². The van der Waals surface area contributed by atoms with Crippen LogP contribution in [0.2, 0.25) is 0 Å². The quantitative estimate of drug-likeness (QED) is 0.751. The lowest BCUT2D eigenvalue weighted by Crippen LogP contribution is -2.45. The number of rotatable bonds is 6. The van der Waals surface area contributed by atoms with Gasteiger partial charge in [0, 0.05) is 24.8 Å². The van der Waals surface area contributed by atoms with Crippen LogP contribution < -0.4 is 5.32 Å². The number of nitrogens with zero attached hydrogens (tertiary/aromatic N) is 3. The van der Waals surface area contributed by atoms with Crippen molar-refractivity contribution in [3.8, 4) is 0 Å². The molecule has 1 aromatic carbocycles. The van der Waals surface area contributed by atoms with Crippen LogP contribution in [0.4, 0.5) is 5.69 Å². The highest BCUT2D eigenvalue weighted by molar-refractivity contribution is 8.01. The van der Waals surface area contributed by atoms with Crippen LogP contribution in [0.5, 0.6) is 0 Å². The first-order valence-corrected chi connectivity index (χ1v) is 10.9. The summed E-state index contributed by atoms with van der Waals surface area (Å²) < 4.78 is 0.868. The molecule has 1 saturated heterocycles. The van der Waals surface area contributed by atoms with E-state index in [0.717, 1.165) is 41.0 Å². The van der Waals surface area contributed by atoms with E-state index >= 15 is 0 Å². The molecule has 1 amide bonds. The molecule has 2 heterocycles. The molecule has 1 fully saturated rings. The van der Waals surface area contributed by atoms with Gasteiger partial charge in [0.15, 0.2) is 4.34 Å². The molecule has 140 valence electrons. The Hall–Kier alpha value is -1.60. The van der Waals surface area contributed by atoms with Gasteiger partial charge in [-0.2, -0.15) is 0 Å². The summed E-state index contributed by atoms with van der Waals surface area (Å²) in [6.45, 7) is 7.94. The Balaban J connectivity index is 1.50. The zero-order chi connectivity index (χ0) is 18.5. The van der Waals surface area contributed by atoms with Gasteiger partial charge >= 0.3 is 0 Å². The molecule has 1 aliphatic rings. The smallest absolute Gasteiger partial charge is 0.233 e. The molecule has 3 rings (SSSR count). The van der Waals surface area contributed by atoms with Crippen LogP contribution in [0.3, 0.4) is 0 Å². The van der Waals surface area contributed by atoms with E-state index in [2.05, 4.69) is 53.6 Å². The van der Waals surface area contributed by atoms with Crippen LogP contribution in [0.1, 0.15) is 43.2 Å². The van der Waals surface area contributed by atoms with Crippen molar-refractivity contribution >= 4 is 34.7 Å². The molecule has 0 saturated carbocycles. The van der Waals surface area contributed by atoms with E-state index in [4.69, 9.17) is 0 Å². The number of amides is 1. The molecule has 26 heavy (non-hydrogen) atoms. The monoisotopic (exact) mass is 390 g/mol. The van der Waals surface area contributed by atoms with E-state index in [1.165, 1.54) is 28.7 Å². The third-order valence-electron chi connectivity index (χ3n) is 4.55. The van der Waals surface area contributed by atoms with Gasteiger partial charge in [-0.3, -0.25) is 4.79 Å². The minimum atomic E-state index is 0.185. The maximum Gasteiger partial charge on any atom is 0.233 e. The van der Waals surface area contributed by atoms with Crippen LogP contribution in [0.15, 0.2) is 28.6 Å². The summed E-state index contributed by atoms with van der Waals surface area (Å²) >= 11 is 3.03. The largest absolute Gasteiger partial charge is 0.381 e. The van der Waals surface area contributed by atoms with Gasteiger partial charge in [0.25, 0.3) is 0 Å². The molecule has 1 atom stereocenters. The molecule has 1 aromatic heterocycles. The number of piperidine rings is 1. The van der Waals surface area contributed by atoms with Gasteiger partial charge in [0.2, 0.25) is 5.91 Å². The second kappa shape index (κ2) is 8.86. The van der Waals surface area contributed by atoms with E-state index in [9.17, 15) is 4.79 Å². The molecule has 0 unspecified atom stereocenters. The van der Waals surface area contributed by atoms with Crippen molar-refractivity contribution < 1.29 is 4.79 Å². The standard InChI is InChI=1S/C19H26N4OS2/c1-13(2)15-6-8-16(9-7-15)20-17-5-4-10-23(11-17)18(24)12-25-19-22-21-14(3)26-19/h6-9,13,17,20H,4-5,10-12H2,1-3H3/t17-/m1/s1. The molecule has 1 aliphatic heterocycles. The van der Waals surface area contributed by atoms with E-state index in [1.807, 2.05) is 11.8 Å². The SMILES string of the molecule is Cc1nnc(SCC(=O)N2CCC[C@@H](Nc3ccc(C(C)C)cc3)C2)s1. The summed E-state index contributed by atoms with van der Waals surface area (Å²) in [7, 11) is 0. The molecule has 0 bridgehead atoms. The molecule has 7 heteroatoms. The third-order valence-corrected chi connectivity index (χ3v) is 6.51. The molecule has 0 aliphatic carbocycles. The van der Waals surface area contributed by atoms with Crippen molar-refractivity contribution in [1.82, 2.24) is 15.1 Å². The van der Waals surface area contributed by atoms with Crippen molar-refractivity contribution in [2.75, 3.05) is 24.2 Å². The molecule has 0 spiro atoms. The lowest BCUT2D eigenvalue weighted by molar-refractivity contribution is -0.129. The first-order valence-electron chi connectivity index (χ1n) is 9.08. The number of likely N-dealkylation sites (tertiary alicyclic amines) is 1. The Morgan fingerprint density at radius 3 is 2.77 bits per heavy atom. The molecular weight excluding hydrogens is 364 g/mol. The number of aryl methyl sites for hydroxylation is 1. The Morgan fingerprint density at radius 2 is 2.12 bits per heavy atom. The van der Waals surface area contributed by atoms with Crippen LogP contribution in [-0.2, 0) is 4.79 Å². The number of carbonyl (C=O) groups excluding carboxylic acids is 1. The van der Waals surface area contributed by atoms with Crippen molar-refractivity contribution in [3.63, 3.8) is 0 Å². The topological polar surface area (TPSA) is 58.1 Å². The van der Waals surface area contributed by atoms with Gasteiger partial charge in [-0.15, -0.1) is 10.2 Å². The Morgan fingerprint density at radius 1 is 1.35 bits per heavy atom. The number of hydrogen-bond acceptors (Lipinski definition) is 6. The maximum atomic E-state index is 12.5. The first-order chi connectivity index (χ1) is 12.5. The van der Waals surface area contributed by atoms with Crippen molar-refractivity contribution in [1.29, 1.82) is 0 Å². The predicted molar refractivity (Wildman–Crippen MR) is 109 cm³/mol. The minimum Gasteiger partial charge on any atom is -0.381 e. The molecule has 5 nitrogen and oxygen atoms in total. The number of nitrogens with one attached hydrogen (secondary N) is 1. The third kappa shape index (κ3) is 5.20. The Kier molecular flexibility index (Phi) is 6.53. The number of thioether (sulfide) groups is 1. The van der Waals surface area contributed by atoms with Crippen LogP contribution in [0.25, 0.3) is 0 Å². The molecule has 0 radical (unpaired) electrons. The lowest BCUT2D eigenvalue weighted by atomic mass is 10.0. The number of carbonyl (C=O) groups is 1. The van der Waals surface area contributed by atoms with Gasteiger partial charge in [0.1, 0.15) is 5.01 Å². The second-order valence-electron chi connectivity index (χ2n) is 6.98. The van der Waals surface area contributed by atoms with E-state index in [1.54, 1.807) is 0 Å². The maximum absolute atomic E-state index is 12.5. The van der Waals surface area contributed by atoms with E-state index < -0.39 is 0 Å². The van der Waals surface area contributed by atoms with Crippen LogP contribution in [0, 0.1) is 6.92 Å². The molecule has 2 aromatic rings. The van der Waals surface area contributed by atoms with Crippen molar-refractivity contribution in [2.24, 2.45) is 0 Å². The fourth-order valence-electron chi connectivity index (χ4n) is 3.07. The highest BCUT2D eigenvalue weighted by atomic mass is 32.2. The predicted octanol–water partition coefficient (Wildman–Crippen LogP) is 4.17.